The monoisotopic (exact) mass is 243 g/mol. The lowest BCUT2D eigenvalue weighted by Crippen LogP contribution is -2.45. The van der Waals surface area contributed by atoms with Crippen molar-refractivity contribution in [3.05, 3.63) is 24.2 Å². The van der Waals surface area contributed by atoms with Gasteiger partial charge in [0.1, 0.15) is 6.26 Å². The number of nitrogens with one attached hydrogen (secondary N) is 1. The molecule has 0 amide bonds. The maximum absolute atomic E-state index is 11.7. The maximum Gasteiger partial charge on any atom is 0.167 e. The summed E-state index contributed by atoms with van der Waals surface area (Å²) >= 11 is 0. The van der Waals surface area contributed by atoms with Crippen molar-refractivity contribution in [1.29, 1.82) is 0 Å². The Kier molecular flexibility index (Phi) is 3.11. The van der Waals surface area contributed by atoms with E-state index in [1.54, 1.807) is 6.07 Å². The van der Waals surface area contributed by atoms with Crippen molar-refractivity contribution in [2.75, 3.05) is 18.1 Å². The Morgan fingerprint density at radius 3 is 3.00 bits per heavy atom. The van der Waals surface area contributed by atoms with Gasteiger partial charge in [-0.25, -0.2) is 8.42 Å². The Balaban J connectivity index is 1.98. The molecule has 0 aliphatic carbocycles. The molecule has 1 atom stereocenters. The highest BCUT2D eigenvalue weighted by Gasteiger charge is 2.26. The molecule has 1 saturated heterocycles. The summed E-state index contributed by atoms with van der Waals surface area (Å²) in [7, 11) is -2.98. The van der Waals surface area contributed by atoms with E-state index >= 15 is 0 Å². The van der Waals surface area contributed by atoms with Gasteiger partial charge in [0.15, 0.2) is 15.6 Å². The second-order valence-electron chi connectivity index (χ2n) is 3.90. The molecule has 0 saturated carbocycles. The van der Waals surface area contributed by atoms with Crippen LogP contribution >= 0.6 is 0 Å². The van der Waals surface area contributed by atoms with Gasteiger partial charge in [-0.15, -0.1) is 0 Å². The predicted octanol–water partition coefficient (Wildman–Crippen LogP) is 0.239. The third-order valence-electron chi connectivity index (χ3n) is 2.58. The quantitative estimate of drug-likeness (QED) is 0.769. The summed E-state index contributed by atoms with van der Waals surface area (Å²) in [5.74, 6) is 0.100. The van der Waals surface area contributed by atoms with Gasteiger partial charge in [0.05, 0.1) is 23.3 Å². The standard InChI is InChI=1S/C10H13NO4S/c12-10(8-1-3-15-6-8)5-9-7-16(13,14)4-2-11-9/h1,3,6,9,11H,2,4-5,7H2. The lowest BCUT2D eigenvalue weighted by atomic mass is 10.1. The van der Waals surface area contributed by atoms with Gasteiger partial charge >= 0.3 is 0 Å². The van der Waals surface area contributed by atoms with Gasteiger partial charge in [0.2, 0.25) is 0 Å². The fourth-order valence-electron chi connectivity index (χ4n) is 1.76. The zero-order chi connectivity index (χ0) is 11.6. The van der Waals surface area contributed by atoms with Gasteiger partial charge in [0, 0.05) is 19.0 Å². The molecule has 0 radical (unpaired) electrons. The first-order chi connectivity index (χ1) is 7.57. The number of hydrogen-bond acceptors (Lipinski definition) is 5. The van der Waals surface area contributed by atoms with E-state index in [9.17, 15) is 13.2 Å². The van der Waals surface area contributed by atoms with E-state index in [1.165, 1.54) is 12.5 Å². The molecule has 1 fully saturated rings. The number of carbonyl (C=O) groups is 1. The van der Waals surface area contributed by atoms with E-state index in [0.717, 1.165) is 0 Å². The lowest BCUT2D eigenvalue weighted by molar-refractivity contribution is 0.0971. The largest absolute Gasteiger partial charge is 0.472 e. The fraction of sp³-hybridized carbons (Fsp3) is 0.500. The normalized spacial score (nSPS) is 24.1. The van der Waals surface area contributed by atoms with E-state index in [1.807, 2.05) is 0 Å². The smallest absolute Gasteiger partial charge is 0.167 e. The van der Waals surface area contributed by atoms with Crippen LogP contribution in [0.2, 0.25) is 0 Å². The van der Waals surface area contributed by atoms with Crippen LogP contribution in [0.15, 0.2) is 23.0 Å². The SMILES string of the molecule is O=C(CC1CS(=O)(=O)CCN1)c1ccoc1. The first kappa shape index (κ1) is 11.3. The van der Waals surface area contributed by atoms with E-state index < -0.39 is 9.84 Å². The van der Waals surface area contributed by atoms with E-state index in [2.05, 4.69) is 5.32 Å². The van der Waals surface area contributed by atoms with Crippen LogP contribution in [0, 0.1) is 0 Å². The van der Waals surface area contributed by atoms with E-state index in [-0.39, 0.29) is 29.8 Å². The molecule has 0 bridgehead atoms. The summed E-state index contributed by atoms with van der Waals surface area (Å²) in [6.45, 7) is 0.422. The van der Waals surface area contributed by atoms with Crippen LogP contribution < -0.4 is 5.32 Å². The fourth-order valence-corrected chi connectivity index (χ4v) is 3.21. The Bertz CT molecular complexity index is 463. The molecule has 1 unspecified atom stereocenters. The number of rotatable bonds is 3. The first-order valence-corrected chi connectivity index (χ1v) is 6.88. The molecule has 1 N–H and O–H groups in total. The van der Waals surface area contributed by atoms with Crippen molar-refractivity contribution in [2.45, 2.75) is 12.5 Å². The van der Waals surface area contributed by atoms with Gasteiger partial charge in [-0.05, 0) is 6.07 Å². The van der Waals surface area contributed by atoms with Gasteiger partial charge < -0.3 is 9.73 Å². The Morgan fingerprint density at radius 2 is 2.38 bits per heavy atom. The highest BCUT2D eigenvalue weighted by molar-refractivity contribution is 7.91. The third kappa shape index (κ3) is 2.70. The van der Waals surface area contributed by atoms with Crippen LogP contribution in [0.4, 0.5) is 0 Å². The summed E-state index contributed by atoms with van der Waals surface area (Å²) in [5.41, 5.74) is 0.491. The lowest BCUT2D eigenvalue weighted by Gasteiger charge is -2.22. The highest BCUT2D eigenvalue weighted by atomic mass is 32.2. The molecule has 5 nitrogen and oxygen atoms in total. The first-order valence-electron chi connectivity index (χ1n) is 5.06. The second-order valence-corrected chi connectivity index (χ2v) is 6.13. The predicted molar refractivity (Wildman–Crippen MR) is 58.1 cm³/mol. The average molecular weight is 243 g/mol. The maximum atomic E-state index is 11.7. The van der Waals surface area contributed by atoms with Crippen LogP contribution in [-0.2, 0) is 9.84 Å². The number of hydrogen-bond donors (Lipinski definition) is 1. The molecule has 6 heteroatoms. The minimum Gasteiger partial charge on any atom is -0.472 e. The van der Waals surface area contributed by atoms with Crippen LogP contribution in [0.1, 0.15) is 16.8 Å². The zero-order valence-corrected chi connectivity index (χ0v) is 9.50. The average Bonchev–Trinajstić information content (AvgIpc) is 2.68. The summed E-state index contributed by atoms with van der Waals surface area (Å²) < 4.78 is 27.5. The van der Waals surface area contributed by atoms with Crippen molar-refractivity contribution in [1.82, 2.24) is 5.32 Å². The molecule has 0 spiro atoms. The molecule has 1 aromatic heterocycles. The molecule has 0 aromatic carbocycles. The van der Waals surface area contributed by atoms with Crippen molar-refractivity contribution in [2.24, 2.45) is 0 Å². The molecule has 1 aliphatic heterocycles. The van der Waals surface area contributed by atoms with Crippen molar-refractivity contribution in [3.63, 3.8) is 0 Å². The van der Waals surface area contributed by atoms with Crippen LogP contribution in [-0.4, -0.2) is 38.3 Å². The summed E-state index contributed by atoms with van der Waals surface area (Å²) in [5, 5.41) is 3.04. The Hall–Kier alpha value is -1.14. The van der Waals surface area contributed by atoms with Crippen LogP contribution in [0.25, 0.3) is 0 Å². The van der Waals surface area contributed by atoms with Gasteiger partial charge in [0.25, 0.3) is 0 Å². The van der Waals surface area contributed by atoms with Gasteiger partial charge in [-0.1, -0.05) is 0 Å². The molecule has 88 valence electrons. The molecule has 1 aromatic rings. The van der Waals surface area contributed by atoms with Crippen LogP contribution in [0.5, 0.6) is 0 Å². The van der Waals surface area contributed by atoms with E-state index in [0.29, 0.717) is 12.1 Å². The topological polar surface area (TPSA) is 76.4 Å². The summed E-state index contributed by atoms with van der Waals surface area (Å²) in [4.78, 5) is 11.7. The van der Waals surface area contributed by atoms with Crippen molar-refractivity contribution < 1.29 is 17.6 Å². The minimum absolute atomic E-state index is 0.0383. The summed E-state index contributed by atoms with van der Waals surface area (Å²) in [6, 6.07) is 1.31. The molecule has 2 heterocycles. The Labute approximate surface area is 93.7 Å². The minimum atomic E-state index is -2.98. The number of ketones is 1. The van der Waals surface area contributed by atoms with Gasteiger partial charge in [-0.3, -0.25) is 4.79 Å². The third-order valence-corrected chi connectivity index (χ3v) is 4.31. The molecule has 2 rings (SSSR count). The molecule has 1 aliphatic rings. The number of carbonyl (C=O) groups excluding carboxylic acids is 1. The van der Waals surface area contributed by atoms with E-state index in [4.69, 9.17) is 4.42 Å². The Morgan fingerprint density at radius 1 is 1.56 bits per heavy atom. The number of Topliss-reactive ketones (excluding diaryl/α,β-unsaturated/α-hetero) is 1. The summed E-state index contributed by atoms with van der Waals surface area (Å²) in [6.07, 6.45) is 3.00. The molecular weight excluding hydrogens is 230 g/mol. The number of sulfone groups is 1. The van der Waals surface area contributed by atoms with Crippen LogP contribution in [0.3, 0.4) is 0 Å². The number of furan rings is 1. The second kappa shape index (κ2) is 4.39. The highest BCUT2D eigenvalue weighted by Crippen LogP contribution is 2.10. The zero-order valence-electron chi connectivity index (χ0n) is 8.68. The van der Waals surface area contributed by atoms with Crippen molar-refractivity contribution >= 4 is 15.6 Å². The molecular formula is C10H13NO4S. The van der Waals surface area contributed by atoms with Crippen molar-refractivity contribution in [3.8, 4) is 0 Å². The molecule has 16 heavy (non-hydrogen) atoms. The van der Waals surface area contributed by atoms with Gasteiger partial charge in [-0.2, -0.15) is 0 Å².